The van der Waals surface area contributed by atoms with Crippen LogP contribution in [-0.2, 0) is 6.18 Å². The van der Waals surface area contributed by atoms with Crippen molar-refractivity contribution in [1.29, 1.82) is 0 Å². The van der Waals surface area contributed by atoms with Crippen LogP contribution in [0.25, 0.3) is 0 Å². The predicted molar refractivity (Wildman–Crippen MR) is 62.6 cm³/mol. The molecule has 0 bridgehead atoms. The lowest BCUT2D eigenvalue weighted by Crippen LogP contribution is -2.04. The van der Waals surface area contributed by atoms with Crippen molar-refractivity contribution in [1.82, 2.24) is 4.24 Å². The molecule has 0 radical (unpaired) electrons. The van der Waals surface area contributed by atoms with Gasteiger partial charge in [-0.1, -0.05) is 25.4 Å². The van der Waals surface area contributed by atoms with Crippen molar-refractivity contribution >= 4 is 35.3 Å². The summed E-state index contributed by atoms with van der Waals surface area (Å²) in [5.74, 6) is 0. The van der Waals surface area contributed by atoms with E-state index in [2.05, 4.69) is 4.24 Å². The van der Waals surface area contributed by atoms with E-state index in [1.54, 1.807) is 0 Å². The van der Waals surface area contributed by atoms with Crippen molar-refractivity contribution in [2.24, 2.45) is 0 Å². The van der Waals surface area contributed by atoms with E-state index in [4.69, 9.17) is 23.4 Å². The zero-order chi connectivity index (χ0) is 12.8. The molecule has 7 heteroatoms. The maximum absolute atomic E-state index is 12.2. The smallest absolute Gasteiger partial charge is 0.172 e. The Morgan fingerprint density at radius 3 is 2.19 bits per heavy atom. The van der Waals surface area contributed by atoms with Crippen molar-refractivity contribution in [2.45, 2.75) is 24.9 Å². The molecule has 0 aromatic heterocycles. The number of benzene rings is 1. The molecule has 1 nitrogen and oxygen atoms in total. The quantitative estimate of drug-likeness (QED) is 0.598. The van der Waals surface area contributed by atoms with E-state index in [0.717, 1.165) is 24.1 Å². The van der Waals surface area contributed by atoms with Crippen molar-refractivity contribution in [3.8, 4) is 0 Å². The van der Waals surface area contributed by atoms with Crippen LogP contribution in [0.4, 0.5) is 13.2 Å². The van der Waals surface area contributed by atoms with Crippen LogP contribution < -0.4 is 4.24 Å². The topological polar surface area (TPSA) is 12.0 Å². The Labute approximate surface area is 107 Å². The number of hydrogen-bond donors (Lipinski definition) is 1. The third kappa shape index (κ3) is 4.82. The van der Waals surface area contributed by atoms with Crippen LogP contribution in [0.1, 0.15) is 19.4 Å². The molecular weight excluding hydrogens is 282 g/mol. The first-order valence-electron chi connectivity index (χ1n) is 4.34. The van der Waals surface area contributed by atoms with E-state index in [1.165, 1.54) is 6.07 Å². The highest BCUT2D eigenvalue weighted by Gasteiger charge is 2.30. The summed E-state index contributed by atoms with van der Waals surface area (Å²) in [5.41, 5.74) is -0.776. The largest absolute Gasteiger partial charge is 0.416 e. The standard InChI is InChI=1S/C7H4Cl2F3NS.C2H6/c8-5-3-4(7(10,11)12)1-2-6(5)14-13-9;1-2/h1-3,13H;1-2H3. The van der Waals surface area contributed by atoms with Crippen molar-refractivity contribution < 1.29 is 13.2 Å². The molecule has 0 heterocycles. The molecule has 0 aliphatic carbocycles. The first kappa shape index (κ1) is 15.9. The normalized spacial score (nSPS) is 10.7. The first-order valence-corrected chi connectivity index (χ1v) is 5.91. The molecule has 0 unspecified atom stereocenters. The van der Waals surface area contributed by atoms with Crippen LogP contribution in [0.15, 0.2) is 23.1 Å². The summed E-state index contributed by atoms with van der Waals surface area (Å²) >= 11 is 11.7. The zero-order valence-electron chi connectivity index (χ0n) is 8.53. The van der Waals surface area contributed by atoms with E-state index in [0.29, 0.717) is 4.90 Å². The minimum atomic E-state index is -4.37. The monoisotopic (exact) mass is 291 g/mol. The van der Waals surface area contributed by atoms with E-state index in [1.807, 2.05) is 13.8 Å². The van der Waals surface area contributed by atoms with Gasteiger partial charge in [0, 0.05) is 4.90 Å². The lowest BCUT2D eigenvalue weighted by molar-refractivity contribution is -0.137. The summed E-state index contributed by atoms with van der Waals surface area (Å²) in [6, 6.07) is 3.06. The highest BCUT2D eigenvalue weighted by atomic mass is 35.5. The minimum absolute atomic E-state index is 0.0120. The van der Waals surface area contributed by atoms with Gasteiger partial charge in [0.25, 0.3) is 0 Å². The van der Waals surface area contributed by atoms with Gasteiger partial charge >= 0.3 is 6.18 Å². The van der Waals surface area contributed by atoms with Crippen LogP contribution in [-0.4, -0.2) is 0 Å². The van der Waals surface area contributed by atoms with Crippen LogP contribution in [0.2, 0.25) is 5.02 Å². The molecule has 0 atom stereocenters. The summed E-state index contributed by atoms with van der Waals surface area (Å²) < 4.78 is 38.7. The van der Waals surface area contributed by atoms with E-state index in [-0.39, 0.29) is 5.02 Å². The highest BCUT2D eigenvalue weighted by Crippen LogP contribution is 2.34. The van der Waals surface area contributed by atoms with Gasteiger partial charge in [-0.3, -0.25) is 0 Å². The van der Waals surface area contributed by atoms with Gasteiger partial charge in [0.1, 0.15) is 0 Å². The Hall–Kier alpha value is -0.100. The number of alkyl halides is 3. The van der Waals surface area contributed by atoms with E-state index >= 15 is 0 Å². The third-order valence-corrected chi connectivity index (χ3v) is 2.72. The van der Waals surface area contributed by atoms with Crippen LogP contribution in [0, 0.1) is 0 Å². The zero-order valence-corrected chi connectivity index (χ0v) is 10.9. The molecule has 1 N–H and O–H groups in total. The fraction of sp³-hybridized carbons (Fsp3) is 0.333. The molecule has 1 rings (SSSR count). The highest BCUT2D eigenvalue weighted by molar-refractivity contribution is 7.98. The number of rotatable bonds is 2. The molecule has 0 aliphatic heterocycles. The van der Waals surface area contributed by atoms with E-state index in [9.17, 15) is 13.2 Å². The maximum Gasteiger partial charge on any atom is 0.416 e. The molecule has 92 valence electrons. The Morgan fingerprint density at radius 1 is 1.25 bits per heavy atom. The van der Waals surface area contributed by atoms with Crippen LogP contribution >= 0.6 is 35.3 Å². The molecule has 0 saturated carbocycles. The molecule has 0 saturated heterocycles. The molecule has 0 amide bonds. The molecule has 0 aliphatic rings. The maximum atomic E-state index is 12.2. The second kappa shape index (κ2) is 7.27. The van der Waals surface area contributed by atoms with Gasteiger partial charge < -0.3 is 0 Å². The molecule has 0 fully saturated rings. The van der Waals surface area contributed by atoms with Crippen molar-refractivity contribution in [3.63, 3.8) is 0 Å². The lowest BCUT2D eigenvalue weighted by Gasteiger charge is -2.08. The van der Waals surface area contributed by atoms with Gasteiger partial charge in [0.2, 0.25) is 0 Å². The molecule has 1 aromatic rings. The molecule has 0 spiro atoms. The predicted octanol–water partition coefficient (Wildman–Crippen LogP) is 5.14. The van der Waals surface area contributed by atoms with Gasteiger partial charge in [-0.05, 0) is 41.9 Å². The minimum Gasteiger partial charge on any atom is -0.172 e. The van der Waals surface area contributed by atoms with Crippen LogP contribution in [0.5, 0.6) is 0 Å². The van der Waals surface area contributed by atoms with Gasteiger partial charge in [-0.15, -0.1) is 0 Å². The second-order valence-corrected chi connectivity index (χ2v) is 3.99. The van der Waals surface area contributed by atoms with Crippen molar-refractivity contribution in [2.75, 3.05) is 0 Å². The summed E-state index contributed by atoms with van der Waals surface area (Å²) in [6.07, 6.45) is -4.37. The number of halogens is 5. The fourth-order valence-electron chi connectivity index (χ4n) is 0.801. The second-order valence-electron chi connectivity index (χ2n) is 2.32. The van der Waals surface area contributed by atoms with Gasteiger partial charge in [-0.25, -0.2) is 0 Å². The third-order valence-electron chi connectivity index (χ3n) is 1.41. The molecule has 16 heavy (non-hydrogen) atoms. The SMILES string of the molecule is CC.FC(F)(F)c1ccc(SNCl)c(Cl)c1. The molecular formula is C9H10Cl2F3NS. The van der Waals surface area contributed by atoms with E-state index < -0.39 is 11.7 Å². The van der Waals surface area contributed by atoms with Gasteiger partial charge in [0.05, 0.1) is 10.6 Å². The number of hydrogen-bond acceptors (Lipinski definition) is 2. The summed E-state index contributed by atoms with van der Waals surface area (Å²) in [7, 11) is 0. The Balaban J connectivity index is 0.00000106. The average molecular weight is 292 g/mol. The fourth-order valence-corrected chi connectivity index (χ4v) is 1.72. The van der Waals surface area contributed by atoms with Crippen molar-refractivity contribution in [3.05, 3.63) is 28.8 Å². The Morgan fingerprint density at radius 2 is 1.81 bits per heavy atom. The summed E-state index contributed by atoms with van der Waals surface area (Å²) in [6.45, 7) is 4.00. The molecule has 1 aromatic carbocycles. The summed E-state index contributed by atoms with van der Waals surface area (Å²) in [4.78, 5) is 0.440. The lowest BCUT2D eigenvalue weighted by atomic mass is 10.2. The Kier molecular flexibility index (Phi) is 7.22. The average Bonchev–Trinajstić information content (AvgIpc) is 2.23. The van der Waals surface area contributed by atoms with Gasteiger partial charge in [-0.2, -0.15) is 17.4 Å². The Bertz CT molecular complexity index is 331. The number of nitrogens with one attached hydrogen (secondary N) is 1. The summed E-state index contributed by atoms with van der Waals surface area (Å²) in [5, 5.41) is 0.0120. The van der Waals surface area contributed by atoms with Crippen LogP contribution in [0.3, 0.4) is 0 Å². The first-order chi connectivity index (χ1) is 7.45. The van der Waals surface area contributed by atoms with Gasteiger partial charge in [0.15, 0.2) is 0 Å².